The largest absolute Gasteiger partial charge is 0.459 e. The van der Waals surface area contributed by atoms with Crippen LogP contribution in [-0.4, -0.2) is 27.7 Å². The van der Waals surface area contributed by atoms with Crippen molar-refractivity contribution in [2.75, 3.05) is 0 Å². The Hall–Kier alpha value is -1.46. The second-order valence-corrected chi connectivity index (χ2v) is 5.21. The first-order valence-electron chi connectivity index (χ1n) is 5.80. The second-order valence-electron chi connectivity index (χ2n) is 5.21. The van der Waals surface area contributed by atoms with Crippen molar-refractivity contribution in [1.29, 1.82) is 0 Å². The number of aromatic nitrogens is 1. The standard InChI is InChI=1S/C13H20N2O3/c1-8-6-5-7-15-10(8)11(16)9(14)12(17)18-13(2,3)4/h5-7,9,11,16H,14H2,1-4H3/t9-,11-/m0/s1. The molecule has 0 saturated heterocycles. The lowest BCUT2D eigenvalue weighted by Gasteiger charge is -2.24. The topological polar surface area (TPSA) is 85.4 Å². The van der Waals surface area contributed by atoms with Crippen LogP contribution < -0.4 is 5.73 Å². The van der Waals surface area contributed by atoms with E-state index in [0.717, 1.165) is 5.56 Å². The highest BCUT2D eigenvalue weighted by Gasteiger charge is 2.30. The van der Waals surface area contributed by atoms with E-state index in [2.05, 4.69) is 4.98 Å². The first kappa shape index (κ1) is 14.6. The Morgan fingerprint density at radius 2 is 2.11 bits per heavy atom. The number of ether oxygens (including phenoxy) is 1. The normalized spacial score (nSPS) is 15.0. The fourth-order valence-corrected chi connectivity index (χ4v) is 1.48. The number of nitrogens with two attached hydrogens (primary N) is 1. The molecule has 1 aromatic rings. The Balaban J connectivity index is 2.82. The summed E-state index contributed by atoms with van der Waals surface area (Å²) in [4.78, 5) is 15.8. The smallest absolute Gasteiger partial charge is 0.326 e. The van der Waals surface area contributed by atoms with E-state index in [0.29, 0.717) is 5.69 Å². The van der Waals surface area contributed by atoms with Gasteiger partial charge >= 0.3 is 5.97 Å². The molecule has 5 heteroatoms. The Morgan fingerprint density at radius 3 is 2.61 bits per heavy atom. The molecule has 0 radical (unpaired) electrons. The lowest BCUT2D eigenvalue weighted by Crippen LogP contribution is -2.42. The van der Waals surface area contributed by atoms with Crippen molar-refractivity contribution in [3.05, 3.63) is 29.6 Å². The summed E-state index contributed by atoms with van der Waals surface area (Å²) in [5.74, 6) is -0.639. The average molecular weight is 252 g/mol. The van der Waals surface area contributed by atoms with E-state index < -0.39 is 23.7 Å². The Morgan fingerprint density at radius 1 is 1.50 bits per heavy atom. The third kappa shape index (κ3) is 3.78. The summed E-state index contributed by atoms with van der Waals surface area (Å²) in [7, 11) is 0. The molecule has 0 aromatic carbocycles. The van der Waals surface area contributed by atoms with Crippen LogP contribution in [-0.2, 0) is 9.53 Å². The van der Waals surface area contributed by atoms with Crippen LogP contribution in [0.4, 0.5) is 0 Å². The quantitative estimate of drug-likeness (QED) is 0.787. The number of pyridine rings is 1. The highest BCUT2D eigenvalue weighted by molar-refractivity contribution is 5.76. The maximum absolute atomic E-state index is 11.7. The van der Waals surface area contributed by atoms with Crippen molar-refractivity contribution >= 4 is 5.97 Å². The molecular weight excluding hydrogens is 232 g/mol. The first-order chi connectivity index (χ1) is 8.22. The molecule has 1 rings (SSSR count). The predicted molar refractivity (Wildman–Crippen MR) is 67.8 cm³/mol. The summed E-state index contributed by atoms with van der Waals surface area (Å²) >= 11 is 0. The number of hydrogen-bond acceptors (Lipinski definition) is 5. The maximum Gasteiger partial charge on any atom is 0.326 e. The van der Waals surface area contributed by atoms with Crippen molar-refractivity contribution in [3.63, 3.8) is 0 Å². The molecule has 0 aliphatic heterocycles. The van der Waals surface area contributed by atoms with Gasteiger partial charge in [0.2, 0.25) is 0 Å². The molecule has 0 aliphatic rings. The van der Waals surface area contributed by atoms with Crippen LogP contribution in [0.5, 0.6) is 0 Å². The minimum Gasteiger partial charge on any atom is -0.459 e. The maximum atomic E-state index is 11.7. The van der Waals surface area contributed by atoms with Gasteiger partial charge in [0.15, 0.2) is 0 Å². The zero-order chi connectivity index (χ0) is 13.9. The SMILES string of the molecule is Cc1cccnc1[C@@H](O)[C@H](N)C(=O)OC(C)(C)C. The Bertz CT molecular complexity index is 426. The summed E-state index contributed by atoms with van der Waals surface area (Å²) in [5, 5.41) is 10.0. The van der Waals surface area contributed by atoms with E-state index in [1.807, 2.05) is 0 Å². The van der Waals surface area contributed by atoms with Crippen LogP contribution in [0.25, 0.3) is 0 Å². The lowest BCUT2D eigenvalue weighted by molar-refractivity contribution is -0.159. The van der Waals surface area contributed by atoms with Gasteiger partial charge in [0, 0.05) is 6.20 Å². The molecule has 1 heterocycles. The fraction of sp³-hybridized carbons (Fsp3) is 0.538. The molecule has 0 fully saturated rings. The zero-order valence-electron chi connectivity index (χ0n) is 11.2. The number of aryl methyl sites for hydroxylation is 1. The number of carbonyl (C=O) groups is 1. The molecule has 0 amide bonds. The van der Waals surface area contributed by atoms with Gasteiger partial charge in [-0.05, 0) is 39.3 Å². The van der Waals surface area contributed by atoms with Gasteiger partial charge in [-0.2, -0.15) is 0 Å². The van der Waals surface area contributed by atoms with Crippen molar-refractivity contribution in [2.24, 2.45) is 5.73 Å². The fourth-order valence-electron chi connectivity index (χ4n) is 1.48. The van der Waals surface area contributed by atoms with Gasteiger partial charge in [-0.1, -0.05) is 6.07 Å². The van der Waals surface area contributed by atoms with Crippen LogP contribution in [0.1, 0.15) is 38.1 Å². The van der Waals surface area contributed by atoms with E-state index in [4.69, 9.17) is 10.5 Å². The summed E-state index contributed by atoms with van der Waals surface area (Å²) < 4.78 is 5.13. The summed E-state index contributed by atoms with van der Waals surface area (Å²) in [6.07, 6.45) is 0.383. The first-order valence-corrected chi connectivity index (χ1v) is 5.80. The molecule has 0 saturated carbocycles. The summed E-state index contributed by atoms with van der Waals surface area (Å²) in [6, 6.07) is 2.41. The van der Waals surface area contributed by atoms with Crippen molar-refractivity contribution in [3.8, 4) is 0 Å². The van der Waals surface area contributed by atoms with Gasteiger partial charge in [-0.25, -0.2) is 0 Å². The van der Waals surface area contributed by atoms with Crippen molar-refractivity contribution in [1.82, 2.24) is 4.98 Å². The number of esters is 1. The van der Waals surface area contributed by atoms with Gasteiger partial charge in [-0.15, -0.1) is 0 Å². The molecule has 1 aromatic heterocycles. The third-order valence-electron chi connectivity index (χ3n) is 2.35. The highest BCUT2D eigenvalue weighted by Crippen LogP contribution is 2.19. The Labute approximate surface area is 107 Å². The zero-order valence-corrected chi connectivity index (χ0v) is 11.2. The molecule has 0 bridgehead atoms. The molecule has 100 valence electrons. The van der Waals surface area contributed by atoms with E-state index in [1.165, 1.54) is 0 Å². The minimum atomic E-state index is -1.17. The molecule has 3 N–H and O–H groups in total. The van der Waals surface area contributed by atoms with Crippen LogP contribution in [0.15, 0.2) is 18.3 Å². The number of aliphatic hydroxyl groups excluding tert-OH is 1. The number of carbonyl (C=O) groups excluding carboxylic acids is 1. The summed E-state index contributed by atoms with van der Waals surface area (Å²) in [5.41, 5.74) is 6.25. The predicted octanol–water partition coefficient (Wildman–Crippen LogP) is 1.09. The van der Waals surface area contributed by atoms with Gasteiger partial charge in [0.05, 0.1) is 5.69 Å². The number of nitrogens with zero attached hydrogens (tertiary/aromatic N) is 1. The van der Waals surface area contributed by atoms with E-state index >= 15 is 0 Å². The van der Waals surface area contributed by atoms with Crippen molar-refractivity contribution in [2.45, 2.75) is 45.4 Å². The highest BCUT2D eigenvalue weighted by atomic mass is 16.6. The van der Waals surface area contributed by atoms with Gasteiger partial charge in [0.25, 0.3) is 0 Å². The lowest BCUT2D eigenvalue weighted by atomic mass is 10.0. The molecule has 18 heavy (non-hydrogen) atoms. The molecule has 0 unspecified atom stereocenters. The number of hydrogen-bond donors (Lipinski definition) is 2. The molecule has 0 aliphatic carbocycles. The second kappa shape index (κ2) is 5.46. The Kier molecular flexibility index (Phi) is 4.43. The number of rotatable bonds is 3. The molecule has 2 atom stereocenters. The van der Waals surface area contributed by atoms with Gasteiger partial charge < -0.3 is 15.6 Å². The van der Waals surface area contributed by atoms with E-state index in [-0.39, 0.29) is 0 Å². The van der Waals surface area contributed by atoms with E-state index in [9.17, 15) is 9.90 Å². The molecule has 5 nitrogen and oxygen atoms in total. The van der Waals surface area contributed by atoms with E-state index in [1.54, 1.807) is 46.0 Å². The minimum absolute atomic E-state index is 0.399. The summed E-state index contributed by atoms with van der Waals surface area (Å²) in [6.45, 7) is 7.04. The van der Waals surface area contributed by atoms with Crippen LogP contribution in [0.3, 0.4) is 0 Å². The third-order valence-corrected chi connectivity index (χ3v) is 2.35. The van der Waals surface area contributed by atoms with Gasteiger partial charge in [0.1, 0.15) is 17.7 Å². The molecule has 0 spiro atoms. The van der Waals surface area contributed by atoms with Crippen LogP contribution >= 0.6 is 0 Å². The van der Waals surface area contributed by atoms with Gasteiger partial charge in [-0.3, -0.25) is 9.78 Å². The van der Waals surface area contributed by atoms with Crippen LogP contribution in [0, 0.1) is 6.92 Å². The number of aliphatic hydroxyl groups is 1. The molecular formula is C13H20N2O3. The monoisotopic (exact) mass is 252 g/mol. The van der Waals surface area contributed by atoms with Crippen LogP contribution in [0.2, 0.25) is 0 Å². The van der Waals surface area contributed by atoms with Crippen molar-refractivity contribution < 1.29 is 14.6 Å². The average Bonchev–Trinajstić information content (AvgIpc) is 2.25.